The maximum Gasteiger partial charge on any atom is 0.0390 e. The molecule has 1 aromatic carbocycles. The van der Waals surface area contributed by atoms with Gasteiger partial charge < -0.3 is 5.73 Å². The van der Waals surface area contributed by atoms with Crippen LogP contribution in [0, 0.1) is 11.3 Å². The van der Waals surface area contributed by atoms with Crippen LogP contribution in [0.1, 0.15) is 51.1 Å². The van der Waals surface area contributed by atoms with Crippen LogP contribution in [0.15, 0.2) is 29.6 Å². The highest BCUT2D eigenvalue weighted by Gasteiger charge is 2.37. The van der Waals surface area contributed by atoms with Crippen LogP contribution in [0.3, 0.4) is 0 Å². The maximum atomic E-state index is 6.68. The van der Waals surface area contributed by atoms with Crippen LogP contribution in [0.25, 0.3) is 10.1 Å². The van der Waals surface area contributed by atoms with Crippen LogP contribution in [0.2, 0.25) is 0 Å². The lowest BCUT2D eigenvalue weighted by Crippen LogP contribution is -2.36. The molecule has 1 aliphatic rings. The quantitative estimate of drug-likeness (QED) is 0.807. The normalized spacial score (nSPS) is 24.5. The topological polar surface area (TPSA) is 26.0 Å². The van der Waals surface area contributed by atoms with E-state index in [2.05, 4.69) is 43.5 Å². The third-order valence-electron chi connectivity index (χ3n) is 4.89. The Morgan fingerprint density at radius 3 is 2.89 bits per heavy atom. The molecular formula is C17H23NS. The molecule has 3 rings (SSSR count). The van der Waals surface area contributed by atoms with Crippen molar-refractivity contribution in [2.45, 2.75) is 45.6 Å². The first kappa shape index (κ1) is 13.1. The second-order valence-corrected chi connectivity index (χ2v) is 7.47. The largest absolute Gasteiger partial charge is 0.324 e. The van der Waals surface area contributed by atoms with Gasteiger partial charge in [-0.05, 0) is 46.6 Å². The molecule has 0 amide bonds. The summed E-state index contributed by atoms with van der Waals surface area (Å²) in [6.45, 7) is 4.79. The zero-order chi connectivity index (χ0) is 13.5. The van der Waals surface area contributed by atoms with Crippen LogP contribution in [0.5, 0.6) is 0 Å². The Morgan fingerprint density at radius 1 is 1.26 bits per heavy atom. The summed E-state index contributed by atoms with van der Waals surface area (Å²) < 4.78 is 1.39. The zero-order valence-corrected chi connectivity index (χ0v) is 12.7. The Hall–Kier alpha value is -0.860. The SMILES string of the molecule is CC1(C)CCCCC1C(N)c1cccc2ccsc12. The lowest BCUT2D eigenvalue weighted by Gasteiger charge is -2.42. The van der Waals surface area contributed by atoms with E-state index in [1.165, 1.54) is 41.3 Å². The number of benzene rings is 1. The molecule has 102 valence electrons. The predicted molar refractivity (Wildman–Crippen MR) is 84.5 cm³/mol. The second-order valence-electron chi connectivity index (χ2n) is 6.55. The van der Waals surface area contributed by atoms with Gasteiger partial charge in [0.2, 0.25) is 0 Å². The fraction of sp³-hybridized carbons (Fsp3) is 0.529. The molecule has 2 heteroatoms. The van der Waals surface area contributed by atoms with E-state index >= 15 is 0 Å². The molecule has 2 atom stereocenters. The lowest BCUT2D eigenvalue weighted by molar-refractivity contribution is 0.113. The second kappa shape index (κ2) is 4.92. The van der Waals surface area contributed by atoms with Crippen LogP contribution in [0.4, 0.5) is 0 Å². The van der Waals surface area contributed by atoms with E-state index in [0.29, 0.717) is 11.3 Å². The average Bonchev–Trinajstić information content (AvgIpc) is 2.85. The van der Waals surface area contributed by atoms with E-state index in [1.807, 2.05) is 11.3 Å². The molecule has 0 saturated heterocycles. The van der Waals surface area contributed by atoms with Gasteiger partial charge in [0.15, 0.2) is 0 Å². The molecule has 19 heavy (non-hydrogen) atoms. The maximum absolute atomic E-state index is 6.68. The van der Waals surface area contributed by atoms with Crippen LogP contribution >= 0.6 is 11.3 Å². The lowest BCUT2D eigenvalue weighted by atomic mass is 9.65. The molecule has 0 aliphatic heterocycles. The monoisotopic (exact) mass is 273 g/mol. The minimum Gasteiger partial charge on any atom is -0.324 e. The fourth-order valence-corrected chi connectivity index (χ4v) is 4.65. The van der Waals surface area contributed by atoms with Crippen molar-refractivity contribution in [1.29, 1.82) is 0 Å². The summed E-state index contributed by atoms with van der Waals surface area (Å²) in [7, 11) is 0. The van der Waals surface area contributed by atoms with E-state index in [-0.39, 0.29) is 6.04 Å². The summed E-state index contributed by atoms with van der Waals surface area (Å²) in [6.07, 6.45) is 5.28. The molecule has 1 aromatic heterocycles. The van der Waals surface area contributed by atoms with E-state index in [0.717, 1.165) is 0 Å². The van der Waals surface area contributed by atoms with Crippen molar-refractivity contribution >= 4 is 21.4 Å². The number of hydrogen-bond donors (Lipinski definition) is 1. The Labute approximate surface area is 119 Å². The number of thiophene rings is 1. The minimum absolute atomic E-state index is 0.178. The number of hydrogen-bond acceptors (Lipinski definition) is 2. The number of rotatable bonds is 2. The van der Waals surface area contributed by atoms with Crippen molar-refractivity contribution in [2.75, 3.05) is 0 Å². The third kappa shape index (κ3) is 2.32. The standard InChI is InChI=1S/C17H23NS/c1-17(2)10-4-3-8-14(17)15(18)13-7-5-6-12-9-11-19-16(12)13/h5-7,9,11,14-15H,3-4,8,10,18H2,1-2H3. The predicted octanol–water partition coefficient (Wildman–Crippen LogP) is 5.12. The smallest absolute Gasteiger partial charge is 0.0390 e. The molecule has 0 bridgehead atoms. The zero-order valence-electron chi connectivity index (χ0n) is 11.9. The average molecular weight is 273 g/mol. The molecule has 1 fully saturated rings. The highest BCUT2D eigenvalue weighted by atomic mass is 32.1. The number of fused-ring (bicyclic) bond motifs is 1. The van der Waals surface area contributed by atoms with Crippen LogP contribution in [-0.4, -0.2) is 0 Å². The summed E-state index contributed by atoms with van der Waals surface area (Å²) in [6, 6.07) is 8.95. The molecule has 2 N–H and O–H groups in total. The summed E-state index contributed by atoms with van der Waals surface area (Å²) in [5.41, 5.74) is 8.40. The first-order valence-electron chi connectivity index (χ1n) is 7.31. The molecular weight excluding hydrogens is 250 g/mol. The van der Waals surface area contributed by atoms with Crippen molar-refractivity contribution in [3.8, 4) is 0 Å². The van der Waals surface area contributed by atoms with Crippen molar-refractivity contribution in [2.24, 2.45) is 17.1 Å². The van der Waals surface area contributed by atoms with Gasteiger partial charge in [0.25, 0.3) is 0 Å². The highest BCUT2D eigenvalue weighted by Crippen LogP contribution is 2.47. The van der Waals surface area contributed by atoms with Gasteiger partial charge in [0.05, 0.1) is 0 Å². The first-order valence-corrected chi connectivity index (χ1v) is 8.19. The Morgan fingerprint density at radius 2 is 2.11 bits per heavy atom. The fourth-order valence-electron chi connectivity index (χ4n) is 3.68. The van der Waals surface area contributed by atoms with E-state index in [9.17, 15) is 0 Å². The van der Waals surface area contributed by atoms with Crippen LogP contribution in [-0.2, 0) is 0 Å². The van der Waals surface area contributed by atoms with Gasteiger partial charge in [-0.1, -0.05) is 44.9 Å². The van der Waals surface area contributed by atoms with Crippen molar-refractivity contribution in [1.82, 2.24) is 0 Å². The first-order chi connectivity index (χ1) is 9.09. The summed E-state index contributed by atoms with van der Waals surface area (Å²) in [4.78, 5) is 0. The summed E-state index contributed by atoms with van der Waals surface area (Å²) in [5.74, 6) is 0.606. The molecule has 1 nitrogen and oxygen atoms in total. The van der Waals surface area contributed by atoms with Gasteiger partial charge in [0.1, 0.15) is 0 Å². The summed E-state index contributed by atoms with van der Waals surface area (Å²) in [5, 5.41) is 3.51. The molecule has 0 spiro atoms. The van der Waals surface area contributed by atoms with Gasteiger partial charge in [-0.25, -0.2) is 0 Å². The van der Waals surface area contributed by atoms with Gasteiger partial charge >= 0.3 is 0 Å². The van der Waals surface area contributed by atoms with E-state index < -0.39 is 0 Å². The van der Waals surface area contributed by atoms with Gasteiger partial charge in [-0.2, -0.15) is 0 Å². The third-order valence-corrected chi connectivity index (χ3v) is 5.87. The van der Waals surface area contributed by atoms with Gasteiger partial charge in [-0.3, -0.25) is 0 Å². The Balaban J connectivity index is 1.99. The van der Waals surface area contributed by atoms with Crippen LogP contribution < -0.4 is 5.73 Å². The van der Waals surface area contributed by atoms with Crippen molar-refractivity contribution < 1.29 is 0 Å². The van der Waals surface area contributed by atoms with Gasteiger partial charge in [-0.15, -0.1) is 11.3 Å². The highest BCUT2D eigenvalue weighted by molar-refractivity contribution is 7.17. The van der Waals surface area contributed by atoms with Gasteiger partial charge in [0, 0.05) is 10.7 Å². The summed E-state index contributed by atoms with van der Waals surface area (Å²) >= 11 is 1.83. The van der Waals surface area contributed by atoms with E-state index in [4.69, 9.17) is 5.73 Å². The van der Waals surface area contributed by atoms with Crippen molar-refractivity contribution in [3.63, 3.8) is 0 Å². The molecule has 0 radical (unpaired) electrons. The van der Waals surface area contributed by atoms with Crippen molar-refractivity contribution in [3.05, 3.63) is 35.2 Å². The molecule has 2 aromatic rings. The molecule has 1 saturated carbocycles. The molecule has 1 aliphatic carbocycles. The Kier molecular flexibility index (Phi) is 3.40. The van der Waals surface area contributed by atoms with E-state index in [1.54, 1.807) is 0 Å². The molecule has 1 heterocycles. The minimum atomic E-state index is 0.178. The molecule has 2 unspecified atom stereocenters. The Bertz CT molecular complexity index is 569. The number of nitrogens with two attached hydrogens (primary N) is 1.